The zero-order chi connectivity index (χ0) is 15.9. The minimum atomic E-state index is -0.647. The second kappa shape index (κ2) is 7.41. The highest BCUT2D eigenvalue weighted by Crippen LogP contribution is 2.13. The fraction of sp³-hybridized carbons (Fsp3) is 0.222. The Hall–Kier alpha value is -2.62. The highest BCUT2D eigenvalue weighted by Gasteiger charge is 2.15. The van der Waals surface area contributed by atoms with E-state index in [4.69, 9.17) is 0 Å². The van der Waals surface area contributed by atoms with E-state index in [2.05, 4.69) is 10.6 Å². The number of aryl methyl sites for hydroxylation is 1. The van der Waals surface area contributed by atoms with Crippen LogP contribution in [0.3, 0.4) is 0 Å². The highest BCUT2D eigenvalue weighted by atomic mass is 16.2. The smallest absolute Gasteiger partial charge is 0.313 e. The van der Waals surface area contributed by atoms with Crippen LogP contribution in [0, 0.1) is 6.92 Å². The molecule has 2 aromatic rings. The van der Waals surface area contributed by atoms with Crippen LogP contribution in [0.15, 0.2) is 54.6 Å². The Labute approximate surface area is 130 Å². The van der Waals surface area contributed by atoms with Crippen LogP contribution in [0.4, 0.5) is 5.69 Å². The average Bonchev–Trinajstić information content (AvgIpc) is 2.53. The summed E-state index contributed by atoms with van der Waals surface area (Å²) in [5, 5.41) is 5.26. The van der Waals surface area contributed by atoms with E-state index >= 15 is 0 Å². The second-order valence-corrected chi connectivity index (χ2v) is 5.35. The molecule has 0 saturated carbocycles. The first-order valence-corrected chi connectivity index (χ1v) is 7.27. The van der Waals surface area contributed by atoms with E-state index < -0.39 is 11.8 Å². The Morgan fingerprint density at radius 2 is 1.73 bits per heavy atom. The molecule has 0 aliphatic carbocycles. The maximum absolute atomic E-state index is 11.8. The van der Waals surface area contributed by atoms with Gasteiger partial charge in [-0.2, -0.15) is 0 Å². The number of carbonyl (C=O) groups excluding carboxylic acids is 2. The van der Waals surface area contributed by atoms with Gasteiger partial charge in [0.1, 0.15) is 0 Å². The number of anilines is 1. The summed E-state index contributed by atoms with van der Waals surface area (Å²) in [6.45, 7) is 4.36. The summed E-state index contributed by atoms with van der Waals surface area (Å²) in [5.41, 5.74) is 2.77. The van der Waals surface area contributed by atoms with Gasteiger partial charge in [-0.05, 0) is 36.1 Å². The van der Waals surface area contributed by atoms with Crippen molar-refractivity contribution in [2.45, 2.75) is 19.8 Å². The van der Waals surface area contributed by atoms with E-state index in [0.29, 0.717) is 12.2 Å². The molecule has 22 heavy (non-hydrogen) atoms. The third-order valence-corrected chi connectivity index (χ3v) is 3.42. The van der Waals surface area contributed by atoms with Crippen LogP contribution < -0.4 is 10.6 Å². The molecule has 1 atom stereocenters. The molecule has 2 N–H and O–H groups in total. The standard InChI is InChI=1S/C18H20N2O2/c1-13-7-6-10-16(11-13)20-18(22)17(21)19-12-14(2)15-8-4-3-5-9-15/h3-11,14H,12H2,1-2H3,(H,19,21)(H,20,22)/t14-/m1/s1. The summed E-state index contributed by atoms with van der Waals surface area (Å²) in [6, 6.07) is 17.2. The van der Waals surface area contributed by atoms with E-state index in [1.807, 2.05) is 62.4 Å². The molecule has 0 fully saturated rings. The number of nitrogens with one attached hydrogen (secondary N) is 2. The number of hydrogen-bond donors (Lipinski definition) is 2. The SMILES string of the molecule is Cc1cccc(NC(=O)C(=O)NC[C@@H](C)c2ccccc2)c1. The number of carbonyl (C=O) groups is 2. The maximum atomic E-state index is 11.8. The molecule has 4 heteroatoms. The van der Waals surface area contributed by atoms with Crippen LogP contribution in [0.5, 0.6) is 0 Å². The largest absolute Gasteiger partial charge is 0.347 e. The van der Waals surface area contributed by atoms with Crippen molar-refractivity contribution >= 4 is 17.5 Å². The Bertz CT molecular complexity index is 653. The third kappa shape index (κ3) is 4.45. The van der Waals surface area contributed by atoms with E-state index in [1.165, 1.54) is 0 Å². The molecular formula is C18H20N2O2. The Morgan fingerprint density at radius 1 is 1.00 bits per heavy atom. The van der Waals surface area contributed by atoms with Crippen molar-refractivity contribution in [1.29, 1.82) is 0 Å². The molecule has 0 heterocycles. The van der Waals surface area contributed by atoms with Gasteiger partial charge in [0.05, 0.1) is 0 Å². The lowest BCUT2D eigenvalue weighted by Gasteiger charge is -2.13. The predicted molar refractivity (Wildman–Crippen MR) is 87.7 cm³/mol. The first-order chi connectivity index (χ1) is 10.6. The van der Waals surface area contributed by atoms with Gasteiger partial charge in [-0.1, -0.05) is 49.4 Å². The first kappa shape index (κ1) is 15.8. The highest BCUT2D eigenvalue weighted by molar-refractivity contribution is 6.39. The molecule has 0 spiro atoms. The van der Waals surface area contributed by atoms with Crippen molar-refractivity contribution in [3.63, 3.8) is 0 Å². The van der Waals surface area contributed by atoms with Crippen LogP contribution in [0.1, 0.15) is 24.0 Å². The lowest BCUT2D eigenvalue weighted by atomic mass is 10.0. The minimum absolute atomic E-state index is 0.150. The van der Waals surface area contributed by atoms with E-state index in [0.717, 1.165) is 11.1 Å². The van der Waals surface area contributed by atoms with E-state index in [1.54, 1.807) is 6.07 Å². The van der Waals surface area contributed by atoms with Gasteiger partial charge in [0.25, 0.3) is 0 Å². The fourth-order valence-corrected chi connectivity index (χ4v) is 2.14. The summed E-state index contributed by atoms with van der Waals surface area (Å²) in [4.78, 5) is 23.7. The van der Waals surface area contributed by atoms with E-state index in [-0.39, 0.29) is 5.92 Å². The molecule has 0 aliphatic heterocycles. The number of rotatable bonds is 4. The summed E-state index contributed by atoms with van der Waals surface area (Å²) < 4.78 is 0. The summed E-state index contributed by atoms with van der Waals surface area (Å²) in [5.74, 6) is -1.12. The zero-order valence-electron chi connectivity index (χ0n) is 12.8. The van der Waals surface area contributed by atoms with Crippen molar-refractivity contribution in [3.05, 3.63) is 65.7 Å². The molecule has 2 rings (SSSR count). The summed E-state index contributed by atoms with van der Waals surface area (Å²) in [7, 11) is 0. The van der Waals surface area contributed by atoms with Crippen LogP contribution in [0.2, 0.25) is 0 Å². The molecule has 0 radical (unpaired) electrons. The Balaban J connectivity index is 1.85. The normalized spacial score (nSPS) is 11.5. The number of amides is 2. The molecule has 0 unspecified atom stereocenters. The molecule has 0 aromatic heterocycles. The quantitative estimate of drug-likeness (QED) is 0.852. The van der Waals surface area contributed by atoms with Crippen molar-refractivity contribution in [2.24, 2.45) is 0 Å². The number of benzene rings is 2. The maximum Gasteiger partial charge on any atom is 0.313 e. The number of hydrogen-bond acceptors (Lipinski definition) is 2. The second-order valence-electron chi connectivity index (χ2n) is 5.35. The van der Waals surface area contributed by atoms with Crippen LogP contribution in [-0.4, -0.2) is 18.4 Å². The summed E-state index contributed by atoms with van der Waals surface area (Å²) >= 11 is 0. The molecule has 2 amide bonds. The minimum Gasteiger partial charge on any atom is -0.347 e. The fourth-order valence-electron chi connectivity index (χ4n) is 2.14. The zero-order valence-corrected chi connectivity index (χ0v) is 12.8. The van der Waals surface area contributed by atoms with Gasteiger partial charge < -0.3 is 10.6 Å². The lowest BCUT2D eigenvalue weighted by molar-refractivity contribution is -0.136. The van der Waals surface area contributed by atoms with Gasteiger partial charge >= 0.3 is 11.8 Å². The molecule has 114 valence electrons. The van der Waals surface area contributed by atoms with Gasteiger partial charge in [0.2, 0.25) is 0 Å². The topological polar surface area (TPSA) is 58.2 Å². The van der Waals surface area contributed by atoms with Crippen molar-refractivity contribution in [2.75, 3.05) is 11.9 Å². The van der Waals surface area contributed by atoms with Crippen LogP contribution >= 0.6 is 0 Å². The monoisotopic (exact) mass is 296 g/mol. The van der Waals surface area contributed by atoms with Crippen molar-refractivity contribution < 1.29 is 9.59 Å². The van der Waals surface area contributed by atoms with Gasteiger partial charge in [-0.3, -0.25) is 9.59 Å². The van der Waals surface area contributed by atoms with Crippen molar-refractivity contribution in [1.82, 2.24) is 5.32 Å². The molecular weight excluding hydrogens is 276 g/mol. The van der Waals surface area contributed by atoms with Crippen LogP contribution in [0.25, 0.3) is 0 Å². The predicted octanol–water partition coefficient (Wildman–Crippen LogP) is 2.85. The van der Waals surface area contributed by atoms with Gasteiger partial charge in [-0.25, -0.2) is 0 Å². The van der Waals surface area contributed by atoms with Gasteiger partial charge in [-0.15, -0.1) is 0 Å². The summed E-state index contributed by atoms with van der Waals surface area (Å²) in [6.07, 6.45) is 0. The van der Waals surface area contributed by atoms with Crippen molar-refractivity contribution in [3.8, 4) is 0 Å². The molecule has 0 aliphatic rings. The first-order valence-electron chi connectivity index (χ1n) is 7.27. The van der Waals surface area contributed by atoms with Gasteiger partial charge in [0.15, 0.2) is 0 Å². The molecule has 0 saturated heterocycles. The van der Waals surface area contributed by atoms with E-state index in [9.17, 15) is 9.59 Å². The lowest BCUT2D eigenvalue weighted by Crippen LogP contribution is -2.37. The van der Waals surface area contributed by atoms with Gasteiger partial charge in [0, 0.05) is 12.2 Å². The third-order valence-electron chi connectivity index (χ3n) is 3.42. The molecule has 2 aromatic carbocycles. The Kier molecular flexibility index (Phi) is 5.31. The average molecular weight is 296 g/mol. The Morgan fingerprint density at radius 3 is 2.41 bits per heavy atom. The molecule has 0 bridgehead atoms. The van der Waals surface area contributed by atoms with Crippen LogP contribution in [-0.2, 0) is 9.59 Å². The molecule has 4 nitrogen and oxygen atoms in total.